The van der Waals surface area contributed by atoms with Gasteiger partial charge in [-0.25, -0.2) is 0 Å². The molecule has 1 aromatic carbocycles. The standard InChI is InChI=1S/C12H16N2O3S/c1-16-9-5-3-4-8(11(9)17-2)12(15)14-7-6-10(13)18/h3-5H,6-7H2,1-2H3,(H2,13,18)(H,14,15). The van der Waals surface area contributed by atoms with E-state index in [1.165, 1.54) is 14.2 Å². The molecule has 98 valence electrons. The number of nitrogens with two attached hydrogens (primary N) is 1. The highest BCUT2D eigenvalue weighted by Gasteiger charge is 2.15. The third-order valence-corrected chi connectivity index (χ3v) is 2.51. The van der Waals surface area contributed by atoms with Gasteiger partial charge in [0.1, 0.15) is 0 Å². The van der Waals surface area contributed by atoms with Crippen LogP contribution in [0, 0.1) is 0 Å². The number of amides is 1. The normalized spacial score (nSPS) is 9.67. The highest BCUT2D eigenvalue weighted by molar-refractivity contribution is 7.80. The first-order valence-electron chi connectivity index (χ1n) is 5.37. The minimum absolute atomic E-state index is 0.248. The molecule has 3 N–H and O–H groups in total. The zero-order chi connectivity index (χ0) is 13.5. The molecule has 1 rings (SSSR count). The third-order valence-electron chi connectivity index (χ3n) is 2.30. The van der Waals surface area contributed by atoms with Crippen LogP contribution in [0.4, 0.5) is 0 Å². The lowest BCUT2D eigenvalue weighted by Crippen LogP contribution is -2.27. The van der Waals surface area contributed by atoms with E-state index >= 15 is 0 Å². The number of rotatable bonds is 6. The van der Waals surface area contributed by atoms with Gasteiger partial charge in [0.05, 0.1) is 24.8 Å². The summed E-state index contributed by atoms with van der Waals surface area (Å²) in [5, 5.41) is 2.71. The first-order valence-corrected chi connectivity index (χ1v) is 5.78. The fourth-order valence-corrected chi connectivity index (χ4v) is 1.56. The van der Waals surface area contributed by atoms with Gasteiger partial charge in [-0.3, -0.25) is 4.79 Å². The van der Waals surface area contributed by atoms with Crippen molar-refractivity contribution in [2.45, 2.75) is 6.42 Å². The number of nitrogens with one attached hydrogen (secondary N) is 1. The van der Waals surface area contributed by atoms with Crippen molar-refractivity contribution in [3.63, 3.8) is 0 Å². The number of carbonyl (C=O) groups is 1. The highest BCUT2D eigenvalue weighted by Crippen LogP contribution is 2.30. The average molecular weight is 268 g/mol. The maximum atomic E-state index is 11.9. The Bertz CT molecular complexity index is 449. The van der Waals surface area contributed by atoms with Gasteiger partial charge in [-0.15, -0.1) is 0 Å². The van der Waals surface area contributed by atoms with Gasteiger partial charge in [0.2, 0.25) is 0 Å². The van der Waals surface area contributed by atoms with Gasteiger partial charge in [-0.05, 0) is 12.1 Å². The van der Waals surface area contributed by atoms with Gasteiger partial charge < -0.3 is 20.5 Å². The first kappa shape index (κ1) is 14.2. The van der Waals surface area contributed by atoms with Crippen molar-refractivity contribution in [3.8, 4) is 11.5 Å². The molecule has 0 aliphatic carbocycles. The Labute approximate surface area is 111 Å². The van der Waals surface area contributed by atoms with Crippen molar-refractivity contribution in [1.29, 1.82) is 0 Å². The quantitative estimate of drug-likeness (QED) is 0.756. The van der Waals surface area contributed by atoms with E-state index in [0.29, 0.717) is 35.0 Å². The maximum Gasteiger partial charge on any atom is 0.255 e. The summed E-state index contributed by atoms with van der Waals surface area (Å²) in [5.74, 6) is 0.675. The van der Waals surface area contributed by atoms with Crippen molar-refractivity contribution in [3.05, 3.63) is 23.8 Å². The topological polar surface area (TPSA) is 73.6 Å². The highest BCUT2D eigenvalue weighted by atomic mass is 32.1. The minimum Gasteiger partial charge on any atom is -0.493 e. The van der Waals surface area contributed by atoms with E-state index in [-0.39, 0.29) is 5.91 Å². The van der Waals surface area contributed by atoms with E-state index in [0.717, 1.165) is 0 Å². The smallest absolute Gasteiger partial charge is 0.255 e. The Balaban J connectivity index is 2.81. The van der Waals surface area contributed by atoms with Gasteiger partial charge >= 0.3 is 0 Å². The van der Waals surface area contributed by atoms with Gasteiger partial charge in [-0.2, -0.15) is 0 Å². The first-order chi connectivity index (χ1) is 8.60. The predicted molar refractivity (Wildman–Crippen MR) is 73.3 cm³/mol. The van der Waals surface area contributed by atoms with Gasteiger partial charge in [0.25, 0.3) is 5.91 Å². The van der Waals surface area contributed by atoms with E-state index < -0.39 is 0 Å². The molecule has 0 aliphatic rings. The van der Waals surface area contributed by atoms with E-state index in [9.17, 15) is 4.79 Å². The molecule has 18 heavy (non-hydrogen) atoms. The van der Waals surface area contributed by atoms with Crippen molar-refractivity contribution in [2.24, 2.45) is 5.73 Å². The van der Waals surface area contributed by atoms with E-state index in [1.54, 1.807) is 18.2 Å². The zero-order valence-electron chi connectivity index (χ0n) is 10.4. The summed E-state index contributed by atoms with van der Waals surface area (Å²) in [6.45, 7) is 0.397. The Morgan fingerprint density at radius 2 is 2.11 bits per heavy atom. The Morgan fingerprint density at radius 1 is 1.39 bits per heavy atom. The molecule has 0 bridgehead atoms. The molecule has 0 radical (unpaired) electrons. The summed E-state index contributed by atoms with van der Waals surface area (Å²) < 4.78 is 10.3. The van der Waals surface area contributed by atoms with E-state index in [2.05, 4.69) is 5.32 Å². The molecular weight excluding hydrogens is 252 g/mol. The number of hydrogen-bond donors (Lipinski definition) is 2. The van der Waals surface area contributed by atoms with Crippen molar-refractivity contribution >= 4 is 23.1 Å². The summed E-state index contributed by atoms with van der Waals surface area (Å²) in [4.78, 5) is 12.3. The Kier molecular flexibility index (Phi) is 5.38. The van der Waals surface area contributed by atoms with Crippen LogP contribution in [0.2, 0.25) is 0 Å². The van der Waals surface area contributed by atoms with Crippen LogP contribution < -0.4 is 20.5 Å². The number of thiocarbonyl (C=S) groups is 1. The molecule has 1 aromatic rings. The SMILES string of the molecule is COc1cccc(C(=O)NCCC(N)=S)c1OC. The summed E-state index contributed by atoms with van der Waals surface area (Å²) in [5.41, 5.74) is 5.77. The molecular formula is C12H16N2O3S. The molecule has 0 aromatic heterocycles. The van der Waals surface area contributed by atoms with Gasteiger partial charge in [0.15, 0.2) is 11.5 Å². The lowest BCUT2D eigenvalue weighted by molar-refractivity contribution is 0.0951. The van der Waals surface area contributed by atoms with E-state index in [4.69, 9.17) is 27.4 Å². The number of methoxy groups -OCH3 is 2. The summed E-state index contributed by atoms with van der Waals surface area (Å²) in [6, 6.07) is 5.12. The predicted octanol–water partition coefficient (Wildman–Crippen LogP) is 1.11. The number of carbonyl (C=O) groups excluding carboxylic acids is 1. The lowest BCUT2D eigenvalue weighted by Gasteiger charge is -2.12. The summed E-state index contributed by atoms with van der Waals surface area (Å²) in [6.07, 6.45) is 0.466. The second-order valence-electron chi connectivity index (χ2n) is 3.51. The second-order valence-corrected chi connectivity index (χ2v) is 4.04. The van der Waals surface area contributed by atoms with Crippen molar-refractivity contribution in [2.75, 3.05) is 20.8 Å². The van der Waals surface area contributed by atoms with E-state index in [1.807, 2.05) is 0 Å². The van der Waals surface area contributed by atoms with Crippen LogP contribution in [0.25, 0.3) is 0 Å². The molecule has 0 aliphatic heterocycles. The average Bonchev–Trinajstić information content (AvgIpc) is 2.36. The zero-order valence-corrected chi connectivity index (χ0v) is 11.2. The Hall–Kier alpha value is -1.82. The molecule has 6 heteroatoms. The number of ether oxygens (including phenoxy) is 2. The molecule has 0 unspecified atom stereocenters. The van der Waals surface area contributed by atoms with Crippen molar-refractivity contribution in [1.82, 2.24) is 5.32 Å². The molecule has 0 fully saturated rings. The molecule has 0 atom stereocenters. The van der Waals surface area contributed by atoms with Crippen LogP contribution >= 0.6 is 12.2 Å². The number of para-hydroxylation sites is 1. The van der Waals surface area contributed by atoms with Crippen LogP contribution in [0.5, 0.6) is 11.5 Å². The maximum absolute atomic E-state index is 11.9. The molecule has 0 saturated heterocycles. The van der Waals surface area contributed by atoms with Crippen LogP contribution in [0.15, 0.2) is 18.2 Å². The molecule has 5 nitrogen and oxygen atoms in total. The van der Waals surface area contributed by atoms with Crippen molar-refractivity contribution < 1.29 is 14.3 Å². The third kappa shape index (κ3) is 3.59. The number of benzene rings is 1. The lowest BCUT2D eigenvalue weighted by atomic mass is 10.1. The fourth-order valence-electron chi connectivity index (χ4n) is 1.46. The molecule has 0 saturated carbocycles. The minimum atomic E-state index is -0.248. The number of hydrogen-bond acceptors (Lipinski definition) is 4. The van der Waals surface area contributed by atoms with Crippen LogP contribution in [0.1, 0.15) is 16.8 Å². The molecule has 1 amide bonds. The Morgan fingerprint density at radius 3 is 2.67 bits per heavy atom. The summed E-state index contributed by atoms with van der Waals surface area (Å²) in [7, 11) is 3.01. The fraction of sp³-hybridized carbons (Fsp3) is 0.333. The van der Waals surface area contributed by atoms with Gasteiger partial charge in [-0.1, -0.05) is 18.3 Å². The largest absolute Gasteiger partial charge is 0.493 e. The van der Waals surface area contributed by atoms with Crippen LogP contribution in [0.3, 0.4) is 0 Å². The van der Waals surface area contributed by atoms with Crippen LogP contribution in [-0.2, 0) is 0 Å². The monoisotopic (exact) mass is 268 g/mol. The van der Waals surface area contributed by atoms with Crippen LogP contribution in [-0.4, -0.2) is 31.7 Å². The molecule has 0 heterocycles. The second kappa shape index (κ2) is 6.80. The molecule has 0 spiro atoms. The summed E-state index contributed by atoms with van der Waals surface area (Å²) >= 11 is 4.73. The van der Waals surface area contributed by atoms with Gasteiger partial charge in [0, 0.05) is 13.0 Å².